The van der Waals surface area contributed by atoms with Crippen molar-refractivity contribution in [2.75, 3.05) is 12.8 Å². The number of ether oxygens (including phenoxy) is 1. The lowest BCUT2D eigenvalue weighted by Gasteiger charge is -2.09. The Morgan fingerprint density at radius 3 is 2.40 bits per heavy atom. The third-order valence-corrected chi connectivity index (χ3v) is 3.87. The highest BCUT2D eigenvalue weighted by molar-refractivity contribution is 7.99. The van der Waals surface area contributed by atoms with Gasteiger partial charge in [0.1, 0.15) is 5.75 Å². The Bertz CT molecular complexity index is 638. The van der Waals surface area contributed by atoms with E-state index in [1.165, 1.54) is 11.8 Å². The van der Waals surface area contributed by atoms with Crippen molar-refractivity contribution in [1.29, 1.82) is 0 Å². The number of aromatic carboxylic acids is 1. The molecule has 0 aliphatic rings. The normalized spacial score (nSPS) is 10.3. The topological polar surface area (TPSA) is 72.5 Å². The molecule has 0 amide bonds. The molecule has 0 saturated carbocycles. The number of hydrogen-bond acceptors (Lipinski definition) is 4. The van der Waals surface area contributed by atoms with Crippen LogP contribution in [0.25, 0.3) is 0 Å². The molecule has 2 aromatic rings. The van der Waals surface area contributed by atoms with E-state index in [0.717, 1.165) is 21.1 Å². The van der Waals surface area contributed by atoms with Gasteiger partial charge in [-0.25, -0.2) is 4.79 Å². The fraction of sp³-hybridized carbons (Fsp3) is 0.133. The molecule has 2 rings (SSSR count). The van der Waals surface area contributed by atoms with E-state index in [2.05, 4.69) is 0 Å². The van der Waals surface area contributed by atoms with E-state index in [0.29, 0.717) is 5.69 Å². The maximum absolute atomic E-state index is 11.2. The van der Waals surface area contributed by atoms with Gasteiger partial charge in [-0.1, -0.05) is 11.8 Å². The Balaban J connectivity index is 2.31. The lowest BCUT2D eigenvalue weighted by molar-refractivity contribution is 0.0697. The van der Waals surface area contributed by atoms with Crippen molar-refractivity contribution in [3.63, 3.8) is 0 Å². The third kappa shape index (κ3) is 3.05. The number of rotatable bonds is 4. The van der Waals surface area contributed by atoms with Gasteiger partial charge >= 0.3 is 5.97 Å². The molecule has 0 fully saturated rings. The highest BCUT2D eigenvalue weighted by Crippen LogP contribution is 2.32. The van der Waals surface area contributed by atoms with Crippen molar-refractivity contribution in [2.45, 2.75) is 16.7 Å². The SMILES string of the molecule is COc1ccc(Sc2cc(C)c(N)c(C(=O)O)c2)cc1. The lowest BCUT2D eigenvalue weighted by atomic mass is 10.1. The smallest absolute Gasteiger partial charge is 0.337 e. The van der Waals surface area contributed by atoms with Crippen LogP contribution in [-0.2, 0) is 0 Å². The van der Waals surface area contributed by atoms with Crippen molar-refractivity contribution in [3.8, 4) is 5.75 Å². The van der Waals surface area contributed by atoms with Crippen LogP contribution in [0.1, 0.15) is 15.9 Å². The zero-order valence-corrected chi connectivity index (χ0v) is 12.0. The van der Waals surface area contributed by atoms with Crippen molar-refractivity contribution >= 4 is 23.4 Å². The van der Waals surface area contributed by atoms with E-state index in [-0.39, 0.29) is 5.56 Å². The van der Waals surface area contributed by atoms with Gasteiger partial charge in [-0.2, -0.15) is 0 Å². The Morgan fingerprint density at radius 2 is 1.85 bits per heavy atom. The van der Waals surface area contributed by atoms with E-state index in [1.807, 2.05) is 30.3 Å². The summed E-state index contributed by atoms with van der Waals surface area (Å²) in [5.41, 5.74) is 7.00. The Labute approximate surface area is 121 Å². The molecule has 0 atom stereocenters. The summed E-state index contributed by atoms with van der Waals surface area (Å²) in [6, 6.07) is 11.1. The Hall–Kier alpha value is -2.14. The number of carbonyl (C=O) groups is 1. The molecule has 0 unspecified atom stereocenters. The fourth-order valence-electron chi connectivity index (χ4n) is 1.78. The predicted octanol–water partition coefficient (Wildman–Crippen LogP) is 3.44. The fourth-order valence-corrected chi connectivity index (χ4v) is 2.74. The second kappa shape index (κ2) is 5.88. The van der Waals surface area contributed by atoms with Crippen molar-refractivity contribution in [3.05, 3.63) is 47.5 Å². The summed E-state index contributed by atoms with van der Waals surface area (Å²) in [5, 5.41) is 9.14. The van der Waals surface area contributed by atoms with Gasteiger partial charge in [0, 0.05) is 15.5 Å². The largest absolute Gasteiger partial charge is 0.497 e. The minimum Gasteiger partial charge on any atom is -0.497 e. The molecule has 0 aliphatic carbocycles. The van der Waals surface area contributed by atoms with Gasteiger partial charge in [0.05, 0.1) is 12.7 Å². The monoisotopic (exact) mass is 289 g/mol. The number of anilines is 1. The van der Waals surface area contributed by atoms with Crippen LogP contribution < -0.4 is 10.5 Å². The van der Waals surface area contributed by atoms with Gasteiger partial charge in [0.2, 0.25) is 0 Å². The minimum atomic E-state index is -1.01. The summed E-state index contributed by atoms with van der Waals surface area (Å²) in [6.45, 7) is 1.81. The first-order chi connectivity index (χ1) is 9.51. The number of benzene rings is 2. The first-order valence-corrected chi connectivity index (χ1v) is 6.78. The molecular formula is C15H15NO3S. The average molecular weight is 289 g/mol. The van der Waals surface area contributed by atoms with Crippen LogP contribution in [0.5, 0.6) is 5.75 Å². The number of carboxylic acids is 1. The highest BCUT2D eigenvalue weighted by Gasteiger charge is 2.12. The summed E-state index contributed by atoms with van der Waals surface area (Å²) in [4.78, 5) is 13.0. The minimum absolute atomic E-state index is 0.140. The average Bonchev–Trinajstić information content (AvgIpc) is 2.43. The van der Waals surface area contributed by atoms with E-state index >= 15 is 0 Å². The standard InChI is InChI=1S/C15H15NO3S/c1-9-7-12(8-13(14(9)16)15(17)18)20-11-5-3-10(19-2)4-6-11/h3-8H,16H2,1-2H3,(H,17,18). The number of nitrogen functional groups attached to an aromatic ring is 1. The molecule has 0 saturated heterocycles. The summed E-state index contributed by atoms with van der Waals surface area (Å²) < 4.78 is 5.10. The highest BCUT2D eigenvalue weighted by atomic mass is 32.2. The number of nitrogens with two attached hydrogens (primary N) is 1. The maximum Gasteiger partial charge on any atom is 0.337 e. The molecule has 4 nitrogen and oxygen atoms in total. The number of aryl methyl sites for hydroxylation is 1. The molecule has 104 valence electrons. The second-order valence-electron chi connectivity index (χ2n) is 4.28. The summed E-state index contributed by atoms with van der Waals surface area (Å²) >= 11 is 1.49. The van der Waals surface area contributed by atoms with Gasteiger partial charge in [0.25, 0.3) is 0 Å². The van der Waals surface area contributed by atoms with Gasteiger partial charge < -0.3 is 15.6 Å². The molecule has 0 aliphatic heterocycles. The first kappa shape index (κ1) is 14.3. The van der Waals surface area contributed by atoms with E-state index in [4.69, 9.17) is 15.6 Å². The molecule has 2 aromatic carbocycles. The van der Waals surface area contributed by atoms with Crippen molar-refractivity contribution in [2.24, 2.45) is 0 Å². The van der Waals surface area contributed by atoms with E-state index in [9.17, 15) is 4.79 Å². The quantitative estimate of drug-likeness (QED) is 0.844. The number of carboxylic acid groups (broad SMARTS) is 1. The van der Waals surface area contributed by atoms with Gasteiger partial charge in [0.15, 0.2) is 0 Å². The van der Waals surface area contributed by atoms with Gasteiger partial charge in [-0.05, 0) is 48.9 Å². The van der Waals surface area contributed by atoms with Crippen LogP contribution in [0.15, 0.2) is 46.2 Å². The zero-order valence-electron chi connectivity index (χ0n) is 11.2. The van der Waals surface area contributed by atoms with Crippen LogP contribution in [-0.4, -0.2) is 18.2 Å². The molecule has 0 bridgehead atoms. The van der Waals surface area contributed by atoms with Crippen LogP contribution in [0.2, 0.25) is 0 Å². The maximum atomic E-state index is 11.2. The van der Waals surface area contributed by atoms with Gasteiger partial charge in [-0.3, -0.25) is 0 Å². The van der Waals surface area contributed by atoms with Crippen molar-refractivity contribution < 1.29 is 14.6 Å². The van der Waals surface area contributed by atoms with Crippen LogP contribution in [0, 0.1) is 6.92 Å². The summed E-state index contributed by atoms with van der Waals surface area (Å²) in [6.07, 6.45) is 0. The summed E-state index contributed by atoms with van der Waals surface area (Å²) in [7, 11) is 1.62. The first-order valence-electron chi connectivity index (χ1n) is 5.96. The lowest BCUT2D eigenvalue weighted by Crippen LogP contribution is -2.04. The van der Waals surface area contributed by atoms with Crippen LogP contribution >= 0.6 is 11.8 Å². The molecule has 0 heterocycles. The zero-order chi connectivity index (χ0) is 14.7. The molecule has 20 heavy (non-hydrogen) atoms. The Kier molecular flexibility index (Phi) is 4.20. The molecular weight excluding hydrogens is 274 g/mol. The molecule has 0 spiro atoms. The number of hydrogen-bond donors (Lipinski definition) is 2. The molecule has 0 radical (unpaired) electrons. The number of methoxy groups -OCH3 is 1. The van der Waals surface area contributed by atoms with Crippen molar-refractivity contribution in [1.82, 2.24) is 0 Å². The van der Waals surface area contributed by atoms with Crippen LogP contribution in [0.3, 0.4) is 0 Å². The second-order valence-corrected chi connectivity index (χ2v) is 5.43. The van der Waals surface area contributed by atoms with E-state index < -0.39 is 5.97 Å². The molecule has 5 heteroatoms. The predicted molar refractivity (Wildman–Crippen MR) is 79.7 cm³/mol. The van der Waals surface area contributed by atoms with Crippen LogP contribution in [0.4, 0.5) is 5.69 Å². The third-order valence-electron chi connectivity index (χ3n) is 2.89. The van der Waals surface area contributed by atoms with E-state index in [1.54, 1.807) is 20.1 Å². The Morgan fingerprint density at radius 1 is 1.20 bits per heavy atom. The summed E-state index contributed by atoms with van der Waals surface area (Å²) in [5.74, 6) is -0.225. The molecule has 0 aromatic heterocycles. The van der Waals surface area contributed by atoms with Gasteiger partial charge in [-0.15, -0.1) is 0 Å². The molecule has 3 N–H and O–H groups in total.